The molecular formula is C22H29F3N2O4. The van der Waals surface area contributed by atoms with Gasteiger partial charge in [0.25, 0.3) is 0 Å². The van der Waals surface area contributed by atoms with Gasteiger partial charge in [0.05, 0.1) is 23.7 Å². The molecule has 0 aromatic heterocycles. The molecule has 0 spiro atoms. The van der Waals surface area contributed by atoms with Crippen LogP contribution in [0.5, 0.6) is 0 Å². The van der Waals surface area contributed by atoms with Gasteiger partial charge >= 0.3 is 18.2 Å². The number of alkyl halides is 3. The van der Waals surface area contributed by atoms with Crippen molar-refractivity contribution in [3.05, 3.63) is 29.8 Å². The number of amides is 2. The lowest BCUT2D eigenvalue weighted by atomic mass is 9.73. The van der Waals surface area contributed by atoms with Crippen molar-refractivity contribution in [2.75, 3.05) is 31.6 Å². The van der Waals surface area contributed by atoms with Crippen LogP contribution in [0.1, 0.15) is 51.0 Å². The van der Waals surface area contributed by atoms with Crippen molar-refractivity contribution in [3.8, 4) is 0 Å². The lowest BCUT2D eigenvalue weighted by molar-refractivity contribution is -0.162. The van der Waals surface area contributed by atoms with Crippen molar-refractivity contribution < 1.29 is 32.2 Å². The van der Waals surface area contributed by atoms with Crippen molar-refractivity contribution in [1.82, 2.24) is 4.90 Å². The highest BCUT2D eigenvalue weighted by atomic mass is 19.4. The Hall–Kier alpha value is -2.29. The van der Waals surface area contributed by atoms with Gasteiger partial charge in [0.15, 0.2) is 0 Å². The van der Waals surface area contributed by atoms with Crippen molar-refractivity contribution in [2.24, 2.45) is 5.41 Å². The molecule has 2 aliphatic heterocycles. The summed E-state index contributed by atoms with van der Waals surface area (Å²) in [7, 11) is 0. The monoisotopic (exact) mass is 442 g/mol. The molecule has 172 valence electrons. The van der Waals surface area contributed by atoms with Crippen LogP contribution >= 0.6 is 0 Å². The van der Waals surface area contributed by atoms with E-state index in [1.807, 2.05) is 0 Å². The zero-order valence-corrected chi connectivity index (χ0v) is 17.7. The van der Waals surface area contributed by atoms with E-state index >= 15 is 0 Å². The van der Waals surface area contributed by atoms with Crippen LogP contribution in [0.2, 0.25) is 0 Å². The average Bonchev–Trinajstić information content (AvgIpc) is 2.75. The second-order valence-corrected chi connectivity index (χ2v) is 8.19. The first-order valence-electron chi connectivity index (χ1n) is 10.8. The van der Waals surface area contributed by atoms with Gasteiger partial charge in [-0.2, -0.15) is 13.2 Å². The normalized spacial score (nSPS) is 21.4. The SMILES string of the molecule is CCOC(=O)C1(CC2CCCCO2)CCN(C(=O)Nc2ccc(C(F)(F)F)cc2)CC1. The fourth-order valence-electron chi connectivity index (χ4n) is 4.26. The van der Waals surface area contributed by atoms with Gasteiger partial charge in [0.2, 0.25) is 0 Å². The Morgan fingerprint density at radius 1 is 1.19 bits per heavy atom. The smallest absolute Gasteiger partial charge is 0.416 e. The summed E-state index contributed by atoms with van der Waals surface area (Å²) in [6.07, 6.45) is 0.128. The van der Waals surface area contributed by atoms with E-state index in [1.165, 1.54) is 12.1 Å². The van der Waals surface area contributed by atoms with Gasteiger partial charge in [-0.3, -0.25) is 4.79 Å². The summed E-state index contributed by atoms with van der Waals surface area (Å²) >= 11 is 0. The number of carbonyl (C=O) groups excluding carboxylic acids is 2. The molecule has 0 saturated carbocycles. The third-order valence-electron chi connectivity index (χ3n) is 6.07. The van der Waals surface area contributed by atoms with E-state index < -0.39 is 23.2 Å². The number of rotatable bonds is 5. The highest BCUT2D eigenvalue weighted by Gasteiger charge is 2.45. The van der Waals surface area contributed by atoms with Crippen LogP contribution in [0, 0.1) is 5.41 Å². The molecule has 0 aliphatic carbocycles. The summed E-state index contributed by atoms with van der Waals surface area (Å²) in [6, 6.07) is 3.93. The van der Waals surface area contributed by atoms with Crippen LogP contribution < -0.4 is 5.32 Å². The van der Waals surface area contributed by atoms with Gasteiger partial charge in [-0.25, -0.2) is 4.79 Å². The molecule has 1 N–H and O–H groups in total. The number of piperidine rings is 1. The molecule has 9 heteroatoms. The number of likely N-dealkylation sites (tertiary alicyclic amines) is 1. The number of hydrogen-bond donors (Lipinski definition) is 1. The molecule has 2 aliphatic rings. The molecule has 1 aromatic rings. The summed E-state index contributed by atoms with van der Waals surface area (Å²) in [5, 5.41) is 2.63. The number of esters is 1. The van der Waals surface area contributed by atoms with Gasteiger partial charge in [0, 0.05) is 25.4 Å². The van der Waals surface area contributed by atoms with E-state index in [0.717, 1.165) is 31.4 Å². The first kappa shape index (κ1) is 23.4. The molecular weight excluding hydrogens is 413 g/mol. The zero-order chi connectivity index (χ0) is 22.5. The van der Waals surface area contributed by atoms with Crippen LogP contribution in [0.15, 0.2) is 24.3 Å². The highest BCUT2D eigenvalue weighted by molar-refractivity contribution is 5.89. The Kier molecular flexibility index (Phi) is 7.46. The molecule has 1 unspecified atom stereocenters. The Morgan fingerprint density at radius 2 is 1.87 bits per heavy atom. The number of benzene rings is 1. The van der Waals surface area contributed by atoms with Gasteiger partial charge in [-0.05, 0) is 69.7 Å². The topological polar surface area (TPSA) is 67.9 Å². The fraction of sp³-hybridized carbons (Fsp3) is 0.636. The van der Waals surface area contributed by atoms with Crippen LogP contribution in [0.25, 0.3) is 0 Å². The number of halogens is 3. The summed E-state index contributed by atoms with van der Waals surface area (Å²) in [5.74, 6) is -0.244. The predicted molar refractivity (Wildman–Crippen MR) is 109 cm³/mol. The first-order valence-corrected chi connectivity index (χ1v) is 10.8. The number of anilines is 1. The number of ether oxygens (including phenoxy) is 2. The molecule has 2 saturated heterocycles. The Morgan fingerprint density at radius 3 is 2.42 bits per heavy atom. The van der Waals surface area contributed by atoms with E-state index in [1.54, 1.807) is 11.8 Å². The van der Waals surface area contributed by atoms with Gasteiger partial charge in [-0.15, -0.1) is 0 Å². The van der Waals surface area contributed by atoms with E-state index in [-0.39, 0.29) is 17.8 Å². The molecule has 1 aromatic carbocycles. The number of carbonyl (C=O) groups is 2. The maximum Gasteiger partial charge on any atom is 0.416 e. The Labute approximate surface area is 180 Å². The van der Waals surface area contributed by atoms with Gasteiger partial charge in [0.1, 0.15) is 0 Å². The summed E-state index contributed by atoms with van der Waals surface area (Å²) in [6.45, 7) is 3.49. The summed E-state index contributed by atoms with van der Waals surface area (Å²) < 4.78 is 49.3. The minimum atomic E-state index is -4.42. The van der Waals surface area contributed by atoms with Crippen molar-refractivity contribution in [2.45, 2.75) is 57.7 Å². The van der Waals surface area contributed by atoms with Crippen molar-refractivity contribution in [3.63, 3.8) is 0 Å². The lowest BCUT2D eigenvalue weighted by Gasteiger charge is -2.42. The fourth-order valence-corrected chi connectivity index (χ4v) is 4.26. The second-order valence-electron chi connectivity index (χ2n) is 8.19. The average molecular weight is 442 g/mol. The van der Waals surface area contributed by atoms with Gasteiger partial charge < -0.3 is 19.7 Å². The standard InChI is InChI=1S/C22H29F3N2O4/c1-2-30-19(28)21(15-18-5-3-4-14-31-18)10-12-27(13-11-21)20(29)26-17-8-6-16(7-9-17)22(23,24)25/h6-9,18H,2-5,10-15H2,1H3,(H,26,29). The quantitative estimate of drug-likeness (QED) is 0.663. The molecule has 0 bridgehead atoms. The number of hydrogen-bond acceptors (Lipinski definition) is 4. The number of nitrogens with zero attached hydrogens (tertiary/aromatic N) is 1. The maximum atomic E-state index is 12.8. The van der Waals surface area contributed by atoms with Crippen LogP contribution in [-0.4, -0.2) is 49.3 Å². The maximum absolute atomic E-state index is 12.8. The van der Waals surface area contributed by atoms with Crippen LogP contribution in [0.3, 0.4) is 0 Å². The molecule has 1 atom stereocenters. The largest absolute Gasteiger partial charge is 0.466 e. The Bertz CT molecular complexity index is 753. The third kappa shape index (κ3) is 5.90. The molecule has 3 rings (SSSR count). The number of urea groups is 1. The predicted octanol–water partition coefficient (Wildman–Crippen LogP) is 4.84. The Balaban J connectivity index is 1.60. The van der Waals surface area contributed by atoms with Crippen molar-refractivity contribution in [1.29, 1.82) is 0 Å². The minimum absolute atomic E-state index is 0.0191. The van der Waals surface area contributed by atoms with E-state index in [9.17, 15) is 22.8 Å². The first-order chi connectivity index (χ1) is 14.7. The molecule has 2 amide bonds. The molecule has 6 nitrogen and oxygen atoms in total. The van der Waals surface area contributed by atoms with E-state index in [0.29, 0.717) is 45.6 Å². The minimum Gasteiger partial charge on any atom is -0.466 e. The molecule has 31 heavy (non-hydrogen) atoms. The summed E-state index contributed by atoms with van der Waals surface area (Å²) in [5.41, 5.74) is -1.16. The third-order valence-corrected chi connectivity index (χ3v) is 6.07. The highest BCUT2D eigenvalue weighted by Crippen LogP contribution is 2.40. The van der Waals surface area contributed by atoms with Crippen LogP contribution in [-0.2, 0) is 20.4 Å². The van der Waals surface area contributed by atoms with Crippen molar-refractivity contribution >= 4 is 17.7 Å². The van der Waals surface area contributed by atoms with E-state index in [4.69, 9.17) is 9.47 Å². The van der Waals surface area contributed by atoms with Crippen LogP contribution in [0.4, 0.5) is 23.7 Å². The molecule has 2 fully saturated rings. The summed E-state index contributed by atoms with van der Waals surface area (Å²) in [4.78, 5) is 27.0. The van der Waals surface area contributed by atoms with E-state index in [2.05, 4.69) is 5.32 Å². The zero-order valence-electron chi connectivity index (χ0n) is 17.7. The lowest BCUT2D eigenvalue weighted by Crippen LogP contribution is -2.49. The molecule has 2 heterocycles. The van der Waals surface area contributed by atoms with Gasteiger partial charge in [-0.1, -0.05) is 0 Å². The second kappa shape index (κ2) is 9.89. The molecule has 0 radical (unpaired) electrons. The number of nitrogens with one attached hydrogen (secondary N) is 1.